The minimum absolute atomic E-state index is 0.0310. The number of benzene rings is 2. The van der Waals surface area contributed by atoms with E-state index in [9.17, 15) is 4.79 Å². The maximum absolute atomic E-state index is 11.4. The number of hydrogen-bond acceptors (Lipinski definition) is 2. The molecule has 0 aromatic heterocycles. The van der Waals surface area contributed by atoms with Crippen LogP contribution in [0.25, 0.3) is 0 Å². The molecule has 0 spiro atoms. The third-order valence-corrected chi connectivity index (χ3v) is 3.60. The third kappa shape index (κ3) is 5.13. The summed E-state index contributed by atoms with van der Waals surface area (Å²) in [6, 6.07) is 15.0. The Morgan fingerprint density at radius 2 is 1.95 bits per heavy atom. The van der Waals surface area contributed by atoms with Gasteiger partial charge in [-0.15, -0.1) is 0 Å². The second-order valence-corrected chi connectivity index (χ2v) is 5.74. The van der Waals surface area contributed by atoms with E-state index in [-0.39, 0.29) is 5.78 Å². The van der Waals surface area contributed by atoms with Gasteiger partial charge in [-0.05, 0) is 55.4 Å². The zero-order valence-electron chi connectivity index (χ0n) is 12.2. The number of Topliss-reactive ketones (excluding diaryl/α,β-unsaturated/α-hetero) is 1. The Labute approximate surface area is 140 Å². The average Bonchev–Trinajstić information content (AvgIpc) is 2.47. The number of hydrogen-bond donors (Lipinski definition) is 2. The predicted molar refractivity (Wildman–Crippen MR) is 95.8 cm³/mol. The molecule has 0 bridgehead atoms. The molecule has 2 aromatic carbocycles. The van der Waals surface area contributed by atoms with Crippen molar-refractivity contribution in [2.75, 3.05) is 11.9 Å². The van der Waals surface area contributed by atoms with E-state index in [0.29, 0.717) is 17.2 Å². The van der Waals surface area contributed by atoms with Crippen molar-refractivity contribution in [1.82, 2.24) is 5.32 Å². The largest absolute Gasteiger partial charge is 0.362 e. The number of halogens is 1. The fraction of sp³-hybridized carbons (Fsp3) is 0.176. The summed E-state index contributed by atoms with van der Waals surface area (Å²) in [5.41, 5.74) is 2.61. The number of nitrogens with one attached hydrogen (secondary N) is 2. The molecule has 2 rings (SSSR count). The Kier molecular flexibility index (Phi) is 5.92. The van der Waals surface area contributed by atoms with Crippen LogP contribution in [0.1, 0.15) is 22.8 Å². The molecule has 2 N–H and O–H groups in total. The molecule has 0 aliphatic carbocycles. The third-order valence-electron chi connectivity index (χ3n) is 3.12. The Morgan fingerprint density at radius 1 is 1.18 bits per heavy atom. The van der Waals surface area contributed by atoms with Crippen LogP contribution >= 0.6 is 23.8 Å². The summed E-state index contributed by atoms with van der Waals surface area (Å²) in [4.78, 5) is 11.4. The minimum atomic E-state index is 0.0310. The lowest BCUT2D eigenvalue weighted by Crippen LogP contribution is -2.30. The Bertz CT molecular complexity index is 688. The topological polar surface area (TPSA) is 41.1 Å². The normalized spacial score (nSPS) is 10.1. The lowest BCUT2D eigenvalue weighted by molar-refractivity contribution is 0.101. The summed E-state index contributed by atoms with van der Waals surface area (Å²) >= 11 is 11.2. The molecule has 2 aromatic rings. The maximum atomic E-state index is 11.4. The lowest BCUT2D eigenvalue weighted by Gasteiger charge is -2.11. The zero-order valence-corrected chi connectivity index (χ0v) is 13.8. The van der Waals surface area contributed by atoms with Crippen LogP contribution in [0.5, 0.6) is 0 Å². The predicted octanol–water partition coefficient (Wildman–Crippen LogP) is 4.07. The van der Waals surface area contributed by atoms with E-state index < -0.39 is 0 Å². The first-order valence-electron chi connectivity index (χ1n) is 6.95. The van der Waals surface area contributed by atoms with E-state index in [1.54, 1.807) is 19.1 Å². The van der Waals surface area contributed by atoms with Gasteiger partial charge in [0, 0.05) is 22.8 Å². The standard InChI is InChI=1S/C17H17ClN2OS/c1-12(21)14-5-3-7-16(11-14)20-17(22)19-9-8-13-4-2-6-15(18)10-13/h2-7,10-11H,8-9H2,1H3,(H2,19,20,22). The van der Waals surface area contributed by atoms with Crippen molar-refractivity contribution in [2.45, 2.75) is 13.3 Å². The maximum Gasteiger partial charge on any atom is 0.170 e. The van der Waals surface area contributed by atoms with Gasteiger partial charge in [0.15, 0.2) is 10.9 Å². The number of carbonyl (C=O) groups is 1. The molecule has 0 atom stereocenters. The van der Waals surface area contributed by atoms with E-state index in [1.807, 2.05) is 36.4 Å². The van der Waals surface area contributed by atoms with Crippen molar-refractivity contribution in [2.24, 2.45) is 0 Å². The smallest absolute Gasteiger partial charge is 0.170 e. The van der Waals surface area contributed by atoms with Crippen molar-refractivity contribution in [3.8, 4) is 0 Å². The number of rotatable bonds is 5. The van der Waals surface area contributed by atoms with Crippen molar-refractivity contribution in [3.63, 3.8) is 0 Å². The van der Waals surface area contributed by atoms with Crippen LogP contribution in [0.2, 0.25) is 5.02 Å². The number of anilines is 1. The second kappa shape index (κ2) is 7.92. The average molecular weight is 333 g/mol. The van der Waals surface area contributed by atoms with Crippen LogP contribution in [0.4, 0.5) is 5.69 Å². The highest BCUT2D eigenvalue weighted by atomic mass is 35.5. The van der Waals surface area contributed by atoms with Crippen molar-refractivity contribution in [1.29, 1.82) is 0 Å². The molecule has 5 heteroatoms. The van der Waals surface area contributed by atoms with Gasteiger partial charge in [-0.2, -0.15) is 0 Å². The van der Waals surface area contributed by atoms with Gasteiger partial charge < -0.3 is 10.6 Å². The van der Waals surface area contributed by atoms with Crippen LogP contribution in [-0.4, -0.2) is 17.4 Å². The fourth-order valence-electron chi connectivity index (χ4n) is 2.00. The summed E-state index contributed by atoms with van der Waals surface area (Å²) in [7, 11) is 0. The SMILES string of the molecule is CC(=O)c1cccc(NC(=S)NCCc2cccc(Cl)c2)c1. The van der Waals surface area contributed by atoms with Gasteiger partial charge in [-0.25, -0.2) is 0 Å². The first-order valence-corrected chi connectivity index (χ1v) is 7.73. The Hall–Kier alpha value is -1.91. The molecular formula is C17H17ClN2OS. The highest BCUT2D eigenvalue weighted by Crippen LogP contribution is 2.12. The molecule has 0 saturated heterocycles. The highest BCUT2D eigenvalue weighted by molar-refractivity contribution is 7.80. The first-order chi connectivity index (χ1) is 10.5. The van der Waals surface area contributed by atoms with Gasteiger partial charge in [0.05, 0.1) is 0 Å². The molecule has 0 aliphatic heterocycles. The number of carbonyl (C=O) groups excluding carboxylic acids is 1. The van der Waals surface area contributed by atoms with E-state index in [4.69, 9.17) is 23.8 Å². The molecule has 114 valence electrons. The first kappa shape index (κ1) is 16.5. The van der Waals surface area contributed by atoms with Crippen LogP contribution < -0.4 is 10.6 Å². The van der Waals surface area contributed by atoms with Crippen LogP contribution in [-0.2, 0) is 6.42 Å². The summed E-state index contributed by atoms with van der Waals surface area (Å²) in [6.45, 7) is 2.25. The molecular weight excluding hydrogens is 316 g/mol. The van der Waals surface area contributed by atoms with Gasteiger partial charge in [0.1, 0.15) is 0 Å². The summed E-state index contributed by atoms with van der Waals surface area (Å²) in [6.07, 6.45) is 0.829. The quantitative estimate of drug-likeness (QED) is 0.639. The summed E-state index contributed by atoms with van der Waals surface area (Å²) in [5.74, 6) is 0.0310. The molecule has 0 fully saturated rings. The lowest BCUT2D eigenvalue weighted by atomic mass is 10.1. The van der Waals surface area contributed by atoms with Gasteiger partial charge in [-0.1, -0.05) is 35.9 Å². The summed E-state index contributed by atoms with van der Waals surface area (Å²) < 4.78 is 0. The highest BCUT2D eigenvalue weighted by Gasteiger charge is 2.02. The van der Waals surface area contributed by atoms with Crippen molar-refractivity contribution >= 4 is 40.4 Å². The molecule has 0 saturated carbocycles. The van der Waals surface area contributed by atoms with Gasteiger partial charge in [0.25, 0.3) is 0 Å². The zero-order chi connectivity index (χ0) is 15.9. The van der Waals surface area contributed by atoms with Gasteiger partial charge in [-0.3, -0.25) is 4.79 Å². The molecule has 0 unspecified atom stereocenters. The molecule has 0 aliphatic rings. The van der Waals surface area contributed by atoms with Crippen molar-refractivity contribution < 1.29 is 4.79 Å². The monoisotopic (exact) mass is 332 g/mol. The van der Waals surface area contributed by atoms with Crippen LogP contribution in [0.15, 0.2) is 48.5 Å². The van der Waals surface area contributed by atoms with Crippen molar-refractivity contribution in [3.05, 3.63) is 64.7 Å². The van der Waals surface area contributed by atoms with E-state index >= 15 is 0 Å². The fourth-order valence-corrected chi connectivity index (χ4v) is 2.44. The summed E-state index contributed by atoms with van der Waals surface area (Å²) in [5, 5.41) is 7.48. The Balaban J connectivity index is 1.83. The van der Waals surface area contributed by atoms with E-state index in [2.05, 4.69) is 10.6 Å². The van der Waals surface area contributed by atoms with E-state index in [1.165, 1.54) is 0 Å². The van der Waals surface area contributed by atoms with Gasteiger partial charge in [0.2, 0.25) is 0 Å². The molecule has 0 amide bonds. The molecule has 3 nitrogen and oxygen atoms in total. The number of thiocarbonyl (C=S) groups is 1. The van der Waals surface area contributed by atoms with E-state index in [0.717, 1.165) is 22.7 Å². The molecule has 0 heterocycles. The van der Waals surface area contributed by atoms with Gasteiger partial charge >= 0.3 is 0 Å². The van der Waals surface area contributed by atoms with Crippen LogP contribution in [0, 0.1) is 0 Å². The molecule has 0 radical (unpaired) electrons. The van der Waals surface area contributed by atoms with Crippen LogP contribution in [0.3, 0.4) is 0 Å². The molecule has 22 heavy (non-hydrogen) atoms. The second-order valence-electron chi connectivity index (χ2n) is 4.90. The Morgan fingerprint density at radius 3 is 2.68 bits per heavy atom. The number of ketones is 1. The minimum Gasteiger partial charge on any atom is -0.362 e.